The van der Waals surface area contributed by atoms with Gasteiger partial charge >= 0.3 is 0 Å². The molecule has 0 unspecified atom stereocenters. The largest absolute Gasteiger partial charge is 0.295 e. The molecule has 0 saturated heterocycles. The van der Waals surface area contributed by atoms with Gasteiger partial charge in [0.1, 0.15) is 17.5 Å². The Labute approximate surface area is 132 Å². The zero-order chi connectivity index (χ0) is 14.3. The minimum atomic E-state index is -0.632. The first kappa shape index (κ1) is 13.8. The fourth-order valence-electron chi connectivity index (χ4n) is 2.15. The van der Waals surface area contributed by atoms with E-state index in [0.29, 0.717) is 11.5 Å². The van der Waals surface area contributed by atoms with Crippen LogP contribution in [0.3, 0.4) is 0 Å². The number of fused-ring (bicyclic) bond motifs is 1. The van der Waals surface area contributed by atoms with Gasteiger partial charge in [-0.1, -0.05) is 0 Å². The van der Waals surface area contributed by atoms with Crippen LogP contribution in [-0.2, 0) is 5.88 Å². The van der Waals surface area contributed by atoms with E-state index < -0.39 is 11.6 Å². The van der Waals surface area contributed by atoms with Crippen molar-refractivity contribution < 1.29 is 8.78 Å². The smallest absolute Gasteiger partial charge is 0.129 e. The van der Waals surface area contributed by atoms with Crippen molar-refractivity contribution in [2.45, 2.75) is 5.88 Å². The Morgan fingerprint density at radius 1 is 1.10 bits per heavy atom. The Bertz CT molecular complexity index is 781. The molecule has 3 rings (SSSR count). The first-order valence-corrected chi connectivity index (χ1v) is 7.39. The number of alkyl halides is 1. The number of hydrogen-bond donors (Lipinski definition) is 0. The summed E-state index contributed by atoms with van der Waals surface area (Å²) in [6.07, 6.45) is 0. The molecule has 6 heteroatoms. The molecule has 0 atom stereocenters. The van der Waals surface area contributed by atoms with Crippen LogP contribution >= 0.6 is 34.2 Å². The topological polar surface area (TPSA) is 17.8 Å². The molecule has 20 heavy (non-hydrogen) atoms. The molecule has 0 saturated carbocycles. The fraction of sp³-hybridized carbons (Fsp3) is 0.0714. The van der Waals surface area contributed by atoms with Crippen LogP contribution in [0.2, 0.25) is 0 Å². The van der Waals surface area contributed by atoms with Gasteiger partial charge in [0, 0.05) is 9.64 Å². The highest BCUT2D eigenvalue weighted by Gasteiger charge is 2.13. The van der Waals surface area contributed by atoms with E-state index in [1.54, 1.807) is 4.57 Å². The molecule has 2 nitrogen and oxygen atoms in total. The lowest BCUT2D eigenvalue weighted by Gasteiger charge is -2.08. The number of nitrogens with zero attached hydrogens (tertiary/aromatic N) is 2. The van der Waals surface area contributed by atoms with Gasteiger partial charge in [-0.25, -0.2) is 13.8 Å². The summed E-state index contributed by atoms with van der Waals surface area (Å²) in [5.74, 6) is -0.557. The summed E-state index contributed by atoms with van der Waals surface area (Å²) in [6, 6.07) is 9.04. The first-order chi connectivity index (χ1) is 9.58. The Hall–Kier alpha value is -1.21. The molecular weight excluding hydrogens is 397 g/mol. The molecule has 1 heterocycles. The van der Waals surface area contributed by atoms with Gasteiger partial charge in [0.05, 0.1) is 22.6 Å². The average molecular weight is 405 g/mol. The Balaban J connectivity index is 2.33. The first-order valence-electron chi connectivity index (χ1n) is 5.78. The van der Waals surface area contributed by atoms with Crippen molar-refractivity contribution in [1.29, 1.82) is 0 Å². The third-order valence-electron chi connectivity index (χ3n) is 2.91. The van der Waals surface area contributed by atoms with Crippen LogP contribution in [0.15, 0.2) is 36.4 Å². The Morgan fingerprint density at radius 2 is 1.80 bits per heavy atom. The molecule has 0 aliphatic rings. The molecule has 2 aromatic carbocycles. The van der Waals surface area contributed by atoms with Gasteiger partial charge < -0.3 is 0 Å². The van der Waals surface area contributed by atoms with Crippen molar-refractivity contribution >= 4 is 45.2 Å². The molecule has 0 spiro atoms. The summed E-state index contributed by atoms with van der Waals surface area (Å²) in [4.78, 5) is 4.41. The van der Waals surface area contributed by atoms with Crippen LogP contribution in [0.1, 0.15) is 5.82 Å². The molecule has 0 N–H and O–H groups in total. The highest BCUT2D eigenvalue weighted by Crippen LogP contribution is 2.25. The molecule has 3 aromatic rings. The van der Waals surface area contributed by atoms with Crippen LogP contribution < -0.4 is 0 Å². The van der Waals surface area contributed by atoms with Gasteiger partial charge in [0.2, 0.25) is 0 Å². The van der Waals surface area contributed by atoms with Crippen molar-refractivity contribution in [2.24, 2.45) is 0 Å². The van der Waals surface area contributed by atoms with Gasteiger partial charge in [-0.2, -0.15) is 0 Å². The van der Waals surface area contributed by atoms with Gasteiger partial charge in [0.15, 0.2) is 0 Å². The van der Waals surface area contributed by atoms with E-state index in [1.807, 2.05) is 18.2 Å². The average Bonchev–Trinajstić information content (AvgIpc) is 2.74. The van der Waals surface area contributed by atoms with Gasteiger partial charge in [-0.3, -0.25) is 4.57 Å². The summed E-state index contributed by atoms with van der Waals surface area (Å²) < 4.78 is 29.5. The predicted molar refractivity (Wildman–Crippen MR) is 83.3 cm³/mol. The zero-order valence-corrected chi connectivity index (χ0v) is 13.0. The quantitative estimate of drug-likeness (QED) is 0.449. The van der Waals surface area contributed by atoms with Crippen molar-refractivity contribution in [3.63, 3.8) is 0 Å². The third-order valence-corrected chi connectivity index (χ3v) is 3.82. The SMILES string of the molecule is Fc1cc(F)cc(-n2c(CCl)nc3cc(I)ccc32)c1. The Kier molecular flexibility index (Phi) is 3.64. The number of hydrogen-bond acceptors (Lipinski definition) is 1. The summed E-state index contributed by atoms with van der Waals surface area (Å²) in [6.45, 7) is 0. The number of halogens is 4. The maximum absolute atomic E-state index is 13.4. The van der Waals surface area contributed by atoms with Crippen LogP contribution in [-0.4, -0.2) is 9.55 Å². The van der Waals surface area contributed by atoms with Crippen molar-refractivity contribution in [1.82, 2.24) is 9.55 Å². The number of benzene rings is 2. The minimum absolute atomic E-state index is 0.156. The van der Waals surface area contributed by atoms with E-state index in [-0.39, 0.29) is 5.88 Å². The molecule has 1 aromatic heterocycles. The third kappa shape index (κ3) is 2.40. The number of aromatic nitrogens is 2. The molecule has 102 valence electrons. The second kappa shape index (κ2) is 5.29. The summed E-state index contributed by atoms with van der Waals surface area (Å²) in [5.41, 5.74) is 1.89. The molecule has 0 bridgehead atoms. The molecule has 0 aliphatic carbocycles. The van der Waals surface area contributed by atoms with Crippen molar-refractivity contribution in [3.8, 4) is 5.69 Å². The van der Waals surface area contributed by atoms with E-state index in [2.05, 4.69) is 27.6 Å². The van der Waals surface area contributed by atoms with Crippen molar-refractivity contribution in [2.75, 3.05) is 0 Å². The van der Waals surface area contributed by atoms with E-state index >= 15 is 0 Å². The normalized spacial score (nSPS) is 11.2. The lowest BCUT2D eigenvalue weighted by atomic mass is 10.2. The van der Waals surface area contributed by atoms with E-state index in [1.165, 1.54) is 12.1 Å². The maximum atomic E-state index is 13.4. The zero-order valence-electron chi connectivity index (χ0n) is 10.1. The maximum Gasteiger partial charge on any atom is 0.129 e. The highest BCUT2D eigenvalue weighted by atomic mass is 127. The van der Waals surface area contributed by atoms with Gasteiger partial charge in [-0.05, 0) is 52.9 Å². The van der Waals surface area contributed by atoms with Gasteiger partial charge in [-0.15, -0.1) is 11.6 Å². The van der Waals surface area contributed by atoms with E-state index in [4.69, 9.17) is 11.6 Å². The monoisotopic (exact) mass is 404 g/mol. The van der Waals surface area contributed by atoms with Crippen LogP contribution in [0.25, 0.3) is 16.7 Å². The highest BCUT2D eigenvalue weighted by molar-refractivity contribution is 14.1. The summed E-state index contributed by atoms with van der Waals surface area (Å²) in [5, 5.41) is 0. The molecule has 0 aliphatic heterocycles. The van der Waals surface area contributed by atoms with Crippen molar-refractivity contribution in [3.05, 3.63) is 57.4 Å². The molecular formula is C14H8ClF2IN2. The lowest BCUT2D eigenvalue weighted by molar-refractivity contribution is 0.581. The fourth-order valence-corrected chi connectivity index (χ4v) is 2.80. The summed E-state index contributed by atoms with van der Waals surface area (Å²) in [7, 11) is 0. The Morgan fingerprint density at radius 3 is 2.45 bits per heavy atom. The second-order valence-corrected chi connectivity index (χ2v) is 5.77. The van der Waals surface area contributed by atoms with E-state index in [0.717, 1.165) is 20.7 Å². The lowest BCUT2D eigenvalue weighted by Crippen LogP contribution is -2.00. The van der Waals surface area contributed by atoms with Crippen LogP contribution in [0.5, 0.6) is 0 Å². The number of imidazole rings is 1. The van der Waals surface area contributed by atoms with E-state index in [9.17, 15) is 8.78 Å². The standard InChI is InChI=1S/C14H8ClF2IN2/c15-7-14-19-12-6-10(18)1-2-13(12)20(14)11-4-8(16)3-9(17)5-11/h1-6H,7H2. The second-order valence-electron chi connectivity index (χ2n) is 4.26. The molecule has 0 fully saturated rings. The predicted octanol–water partition coefficient (Wildman–Crippen LogP) is 4.65. The molecule has 0 radical (unpaired) electrons. The molecule has 0 amide bonds. The van der Waals surface area contributed by atoms with Crippen LogP contribution in [0, 0.1) is 15.2 Å². The number of rotatable bonds is 2. The minimum Gasteiger partial charge on any atom is -0.295 e. The summed E-state index contributed by atoms with van der Waals surface area (Å²) >= 11 is 8.08. The van der Waals surface area contributed by atoms with Crippen LogP contribution in [0.4, 0.5) is 8.78 Å². The van der Waals surface area contributed by atoms with Gasteiger partial charge in [0.25, 0.3) is 0 Å².